The van der Waals surface area contributed by atoms with E-state index in [2.05, 4.69) is 35.2 Å². The van der Waals surface area contributed by atoms with Gasteiger partial charge in [0.1, 0.15) is 16.6 Å². The van der Waals surface area contributed by atoms with Crippen LogP contribution in [-0.4, -0.2) is 40.5 Å². The number of anilines is 2. The van der Waals surface area contributed by atoms with E-state index in [0.717, 1.165) is 12.3 Å². The van der Waals surface area contributed by atoms with Crippen molar-refractivity contribution in [2.75, 3.05) is 16.3 Å². The van der Waals surface area contributed by atoms with Crippen LogP contribution in [-0.2, 0) is 30.3 Å². The lowest BCUT2D eigenvalue weighted by atomic mass is 9.62. The fourth-order valence-electron chi connectivity index (χ4n) is 4.62. The minimum Gasteiger partial charge on any atom is -0.341 e. The zero-order valence-electron chi connectivity index (χ0n) is 20.7. The number of benzene rings is 2. The Balaban J connectivity index is 1.79. The Bertz CT molecular complexity index is 1520. The molecule has 0 aromatic heterocycles. The summed E-state index contributed by atoms with van der Waals surface area (Å²) in [5.74, 6) is -2.58. The maximum absolute atomic E-state index is 14.0. The van der Waals surface area contributed by atoms with E-state index < -0.39 is 42.9 Å². The molecule has 0 spiro atoms. The molecule has 0 radical (unpaired) electrons. The smallest absolute Gasteiger partial charge is 0.286 e. The molecule has 1 aliphatic heterocycles. The summed E-state index contributed by atoms with van der Waals surface area (Å²) in [5, 5.41) is 2.87. The molecule has 1 aliphatic carbocycles. The van der Waals surface area contributed by atoms with E-state index >= 15 is 0 Å². The molecule has 2 aliphatic rings. The van der Waals surface area contributed by atoms with Crippen LogP contribution >= 0.6 is 0 Å². The van der Waals surface area contributed by atoms with Crippen LogP contribution in [0.25, 0.3) is 0 Å². The largest absolute Gasteiger partial charge is 0.341 e. The summed E-state index contributed by atoms with van der Waals surface area (Å²) in [6.07, 6.45) is 2.14. The van der Waals surface area contributed by atoms with Crippen molar-refractivity contribution in [3.05, 3.63) is 53.6 Å². The van der Waals surface area contributed by atoms with Gasteiger partial charge in [0.25, 0.3) is 10.0 Å². The number of amidine groups is 1. The SMILES string of the molecule is CC(C)(C)CCC1(C)C(=O)C(C2=NS(=O)(=O)c3cc(NS(C)(=O)=O)ccc3N2)C(=O)c2ccccc21. The summed E-state index contributed by atoms with van der Waals surface area (Å²) >= 11 is 0. The standard InChI is InChI=1S/C25H29N3O6S2/c1-24(2,3)12-13-25(4)17-9-7-6-8-16(17)21(29)20(22(25)30)23-26-18-11-10-15(27-35(5,31)32)14-19(18)36(33,34)28-23/h6-11,14,20,27H,12-13H2,1-5H3,(H,26,28). The number of ketones is 2. The molecule has 2 N–H and O–H groups in total. The zero-order valence-corrected chi connectivity index (χ0v) is 22.4. The summed E-state index contributed by atoms with van der Waals surface area (Å²) in [6, 6.07) is 10.8. The molecule has 0 bridgehead atoms. The average molecular weight is 532 g/mol. The molecule has 4 rings (SSSR count). The van der Waals surface area contributed by atoms with Gasteiger partial charge >= 0.3 is 0 Å². The minimum absolute atomic E-state index is 0.0498. The first-order chi connectivity index (χ1) is 16.5. The van der Waals surface area contributed by atoms with Gasteiger partial charge in [-0.15, -0.1) is 4.40 Å². The summed E-state index contributed by atoms with van der Waals surface area (Å²) in [6.45, 7) is 8.01. The van der Waals surface area contributed by atoms with Crippen LogP contribution < -0.4 is 10.0 Å². The third-order valence-electron chi connectivity index (χ3n) is 6.55. The molecule has 2 unspecified atom stereocenters. The van der Waals surface area contributed by atoms with Crippen molar-refractivity contribution in [2.24, 2.45) is 15.7 Å². The van der Waals surface area contributed by atoms with E-state index in [4.69, 9.17) is 0 Å². The second-order valence-corrected chi connectivity index (χ2v) is 14.1. The Labute approximate surface area is 211 Å². The van der Waals surface area contributed by atoms with Crippen molar-refractivity contribution < 1.29 is 26.4 Å². The van der Waals surface area contributed by atoms with Gasteiger partial charge in [-0.05, 0) is 48.9 Å². The van der Waals surface area contributed by atoms with Crippen LogP contribution in [0, 0.1) is 11.3 Å². The molecule has 2 aromatic rings. The Kier molecular flexibility index (Phi) is 6.16. The second-order valence-electron chi connectivity index (χ2n) is 10.8. The van der Waals surface area contributed by atoms with Crippen molar-refractivity contribution >= 4 is 48.8 Å². The maximum atomic E-state index is 14.0. The predicted octanol–water partition coefficient (Wildman–Crippen LogP) is 3.74. The molecule has 2 atom stereocenters. The summed E-state index contributed by atoms with van der Waals surface area (Å²) in [5.41, 5.74) is 0.0923. The van der Waals surface area contributed by atoms with Gasteiger partial charge in [-0.1, -0.05) is 45.0 Å². The Morgan fingerprint density at radius 1 is 1.11 bits per heavy atom. The summed E-state index contributed by atoms with van der Waals surface area (Å²) in [4.78, 5) is 27.2. The molecule has 0 saturated heterocycles. The number of Topliss-reactive ketones (excluding diaryl/α,β-unsaturated/α-hetero) is 2. The first-order valence-electron chi connectivity index (χ1n) is 11.4. The molecule has 2 aromatic carbocycles. The van der Waals surface area contributed by atoms with Gasteiger partial charge in [0, 0.05) is 11.3 Å². The van der Waals surface area contributed by atoms with Crippen LogP contribution in [0.1, 0.15) is 56.5 Å². The summed E-state index contributed by atoms with van der Waals surface area (Å²) < 4.78 is 55.4. The van der Waals surface area contributed by atoms with Gasteiger partial charge in [-0.3, -0.25) is 14.3 Å². The Morgan fingerprint density at radius 2 is 1.78 bits per heavy atom. The van der Waals surface area contributed by atoms with Crippen LogP contribution in [0.3, 0.4) is 0 Å². The van der Waals surface area contributed by atoms with E-state index in [0.29, 0.717) is 24.0 Å². The van der Waals surface area contributed by atoms with E-state index in [1.54, 1.807) is 31.2 Å². The lowest BCUT2D eigenvalue weighted by Crippen LogP contribution is -2.51. The van der Waals surface area contributed by atoms with E-state index in [-0.39, 0.29) is 27.5 Å². The lowest BCUT2D eigenvalue weighted by molar-refractivity contribution is -0.125. The monoisotopic (exact) mass is 531 g/mol. The minimum atomic E-state index is -4.33. The highest BCUT2D eigenvalue weighted by Gasteiger charge is 2.51. The molecule has 0 fully saturated rings. The summed E-state index contributed by atoms with van der Waals surface area (Å²) in [7, 11) is -7.96. The van der Waals surface area contributed by atoms with Crippen molar-refractivity contribution in [1.29, 1.82) is 0 Å². The van der Waals surface area contributed by atoms with Crippen LogP contribution in [0.15, 0.2) is 51.8 Å². The number of carbonyl (C=O) groups excluding carboxylic acids is 2. The van der Waals surface area contributed by atoms with Crippen molar-refractivity contribution in [3.8, 4) is 0 Å². The quantitative estimate of drug-likeness (QED) is 0.560. The van der Waals surface area contributed by atoms with E-state index in [1.165, 1.54) is 12.1 Å². The Morgan fingerprint density at radius 3 is 2.42 bits per heavy atom. The number of rotatable bonds is 5. The van der Waals surface area contributed by atoms with E-state index in [1.807, 2.05) is 0 Å². The molecule has 192 valence electrons. The normalized spacial score (nSPS) is 23.2. The van der Waals surface area contributed by atoms with Crippen molar-refractivity contribution in [3.63, 3.8) is 0 Å². The number of hydrogen-bond donors (Lipinski definition) is 2. The topological polar surface area (TPSA) is 139 Å². The number of fused-ring (bicyclic) bond motifs is 2. The average Bonchev–Trinajstić information content (AvgIpc) is 2.75. The zero-order chi connectivity index (χ0) is 26.7. The molecule has 36 heavy (non-hydrogen) atoms. The van der Waals surface area contributed by atoms with Gasteiger partial charge in [-0.2, -0.15) is 8.42 Å². The fourth-order valence-corrected chi connectivity index (χ4v) is 6.35. The maximum Gasteiger partial charge on any atom is 0.286 e. The highest BCUT2D eigenvalue weighted by atomic mass is 32.2. The number of hydrogen-bond acceptors (Lipinski definition) is 7. The number of nitrogens with one attached hydrogen (secondary N) is 2. The van der Waals surface area contributed by atoms with Crippen LogP contribution in [0.4, 0.5) is 11.4 Å². The molecule has 9 nitrogen and oxygen atoms in total. The Hall–Kier alpha value is -3.05. The van der Waals surface area contributed by atoms with E-state index in [9.17, 15) is 26.4 Å². The molecule has 0 amide bonds. The van der Waals surface area contributed by atoms with Gasteiger partial charge in [0.05, 0.1) is 17.4 Å². The molecular formula is C25H29N3O6S2. The number of nitrogens with zero attached hydrogens (tertiary/aromatic N) is 1. The van der Waals surface area contributed by atoms with Gasteiger partial charge in [-0.25, -0.2) is 8.42 Å². The highest BCUT2D eigenvalue weighted by Crippen LogP contribution is 2.44. The molecule has 11 heteroatoms. The van der Waals surface area contributed by atoms with Gasteiger partial charge in [0.15, 0.2) is 11.6 Å². The third-order valence-corrected chi connectivity index (χ3v) is 8.48. The van der Waals surface area contributed by atoms with Gasteiger partial charge in [0.2, 0.25) is 10.0 Å². The third kappa shape index (κ3) is 4.81. The fraction of sp³-hybridized carbons (Fsp3) is 0.400. The highest BCUT2D eigenvalue weighted by molar-refractivity contribution is 7.92. The molecule has 0 saturated carbocycles. The predicted molar refractivity (Wildman–Crippen MR) is 138 cm³/mol. The van der Waals surface area contributed by atoms with Crippen LogP contribution in [0.2, 0.25) is 0 Å². The number of sulfonamides is 2. The molecule has 1 heterocycles. The lowest BCUT2D eigenvalue weighted by Gasteiger charge is -2.39. The first-order valence-corrected chi connectivity index (χ1v) is 14.8. The first kappa shape index (κ1) is 26.0. The number of carbonyl (C=O) groups is 2. The van der Waals surface area contributed by atoms with Crippen molar-refractivity contribution in [2.45, 2.75) is 50.8 Å². The van der Waals surface area contributed by atoms with Crippen LogP contribution in [0.5, 0.6) is 0 Å². The van der Waals surface area contributed by atoms with Gasteiger partial charge < -0.3 is 5.32 Å². The molecular weight excluding hydrogens is 502 g/mol. The second kappa shape index (κ2) is 8.52. The van der Waals surface area contributed by atoms with Crippen molar-refractivity contribution in [1.82, 2.24) is 0 Å².